The van der Waals surface area contributed by atoms with E-state index in [1.54, 1.807) is 6.07 Å². The van der Waals surface area contributed by atoms with Gasteiger partial charge in [-0.15, -0.1) is 11.3 Å². The van der Waals surface area contributed by atoms with Gasteiger partial charge in [0.05, 0.1) is 30.2 Å². The second kappa shape index (κ2) is 4.42. The molecular weight excluding hydrogens is 248 g/mol. The smallest absolute Gasteiger partial charge is 0.245 e. The molecule has 0 aliphatic carbocycles. The number of halogens is 1. The molecule has 1 fully saturated rings. The van der Waals surface area contributed by atoms with Gasteiger partial charge in [-0.25, -0.2) is 0 Å². The Hall–Kier alpha value is -1.09. The molecule has 0 bridgehead atoms. The molecule has 1 aromatic heterocycles. The van der Waals surface area contributed by atoms with Crippen LogP contribution in [0.1, 0.15) is 4.88 Å². The van der Waals surface area contributed by atoms with Crippen LogP contribution < -0.4 is 5.32 Å². The number of nitrogens with zero attached hydrogens (tertiary/aromatic N) is 1. The van der Waals surface area contributed by atoms with E-state index in [2.05, 4.69) is 5.32 Å². The van der Waals surface area contributed by atoms with E-state index in [0.29, 0.717) is 10.9 Å². The van der Waals surface area contributed by atoms with E-state index in [1.165, 1.54) is 11.3 Å². The van der Waals surface area contributed by atoms with Gasteiger partial charge in [0.1, 0.15) is 0 Å². The number of hydrogen-bond donors (Lipinski definition) is 1. The van der Waals surface area contributed by atoms with Gasteiger partial charge in [0.2, 0.25) is 5.91 Å². The molecule has 4 nitrogen and oxygen atoms in total. The summed E-state index contributed by atoms with van der Waals surface area (Å²) >= 11 is 7.17. The first-order chi connectivity index (χ1) is 7.66. The molecule has 1 aliphatic heterocycles. The quantitative estimate of drug-likeness (QED) is 0.893. The zero-order chi connectivity index (χ0) is 11.6. The number of nitrogens with one attached hydrogen (secondary N) is 1. The molecule has 2 heterocycles. The molecule has 6 heteroatoms. The van der Waals surface area contributed by atoms with Gasteiger partial charge in [0, 0.05) is 4.88 Å². The summed E-state index contributed by atoms with van der Waals surface area (Å²) in [5.41, 5.74) is -0.985. The molecule has 1 amide bonds. The number of amides is 1. The van der Waals surface area contributed by atoms with Crippen molar-refractivity contribution in [3.63, 3.8) is 0 Å². The third kappa shape index (κ3) is 2.05. The fourth-order valence-electron chi connectivity index (χ4n) is 1.34. The van der Waals surface area contributed by atoms with E-state index in [4.69, 9.17) is 21.6 Å². The first-order valence-corrected chi connectivity index (χ1v) is 5.87. The monoisotopic (exact) mass is 256 g/mol. The van der Waals surface area contributed by atoms with Gasteiger partial charge in [-0.2, -0.15) is 5.26 Å². The Morgan fingerprint density at radius 1 is 1.69 bits per heavy atom. The molecule has 1 N–H and O–H groups in total. The summed E-state index contributed by atoms with van der Waals surface area (Å²) in [4.78, 5) is 12.7. The minimum absolute atomic E-state index is 0.181. The lowest BCUT2D eigenvalue weighted by Crippen LogP contribution is -2.52. The number of thiophene rings is 1. The van der Waals surface area contributed by atoms with E-state index in [-0.39, 0.29) is 19.1 Å². The van der Waals surface area contributed by atoms with Crippen LogP contribution in [0.15, 0.2) is 12.1 Å². The first kappa shape index (κ1) is 11.4. The van der Waals surface area contributed by atoms with Crippen molar-refractivity contribution in [1.29, 1.82) is 5.26 Å². The van der Waals surface area contributed by atoms with Crippen LogP contribution in [-0.4, -0.2) is 19.1 Å². The van der Waals surface area contributed by atoms with Gasteiger partial charge in [0.15, 0.2) is 5.41 Å². The van der Waals surface area contributed by atoms with Crippen molar-refractivity contribution in [2.24, 2.45) is 5.41 Å². The fourth-order valence-corrected chi connectivity index (χ4v) is 2.36. The minimum atomic E-state index is -0.985. The van der Waals surface area contributed by atoms with E-state index >= 15 is 0 Å². The van der Waals surface area contributed by atoms with E-state index in [1.807, 2.05) is 12.1 Å². The van der Waals surface area contributed by atoms with Gasteiger partial charge in [-0.3, -0.25) is 4.79 Å². The highest BCUT2D eigenvalue weighted by atomic mass is 35.5. The highest BCUT2D eigenvalue weighted by Gasteiger charge is 2.46. The average molecular weight is 257 g/mol. The van der Waals surface area contributed by atoms with Crippen LogP contribution in [0.2, 0.25) is 4.34 Å². The zero-order valence-corrected chi connectivity index (χ0v) is 9.90. The van der Waals surface area contributed by atoms with Gasteiger partial charge in [-0.05, 0) is 12.1 Å². The van der Waals surface area contributed by atoms with Crippen molar-refractivity contribution < 1.29 is 9.53 Å². The highest BCUT2D eigenvalue weighted by Crippen LogP contribution is 2.27. The van der Waals surface area contributed by atoms with Crippen molar-refractivity contribution >= 4 is 28.8 Å². The Morgan fingerprint density at radius 3 is 2.88 bits per heavy atom. The summed E-state index contributed by atoms with van der Waals surface area (Å²) < 4.78 is 5.59. The third-order valence-electron chi connectivity index (χ3n) is 2.40. The molecule has 0 atom stereocenters. The highest BCUT2D eigenvalue weighted by molar-refractivity contribution is 7.16. The molecule has 1 saturated heterocycles. The number of carbonyl (C=O) groups excluding carboxylic acids is 1. The van der Waals surface area contributed by atoms with E-state index in [0.717, 1.165) is 4.88 Å². The van der Waals surface area contributed by atoms with Gasteiger partial charge < -0.3 is 10.1 Å². The summed E-state index contributed by atoms with van der Waals surface area (Å²) in [6, 6.07) is 5.63. The largest absolute Gasteiger partial charge is 0.377 e. The standard InChI is InChI=1S/C10H9ClN2O2S/c11-8-2-1-7(16-8)3-13-9(14)10(4-12)5-15-6-10/h1-2H,3,5-6H2,(H,13,14). The molecular formula is C10H9ClN2O2S. The number of nitriles is 1. The third-order valence-corrected chi connectivity index (χ3v) is 3.63. The van der Waals surface area contributed by atoms with Crippen LogP contribution in [0.4, 0.5) is 0 Å². The molecule has 0 unspecified atom stereocenters. The lowest BCUT2D eigenvalue weighted by Gasteiger charge is -2.33. The number of carbonyl (C=O) groups is 1. The average Bonchev–Trinajstić information content (AvgIpc) is 2.60. The Labute approximate surface area is 102 Å². The summed E-state index contributed by atoms with van der Waals surface area (Å²) in [5.74, 6) is -0.272. The van der Waals surface area contributed by atoms with Crippen LogP contribution in [0, 0.1) is 16.7 Å². The van der Waals surface area contributed by atoms with Crippen molar-refractivity contribution in [1.82, 2.24) is 5.32 Å². The Balaban J connectivity index is 1.91. The number of hydrogen-bond acceptors (Lipinski definition) is 4. The maximum Gasteiger partial charge on any atom is 0.245 e. The van der Waals surface area contributed by atoms with E-state index < -0.39 is 5.41 Å². The SMILES string of the molecule is N#CC1(C(=O)NCc2ccc(Cl)s2)COC1. The maximum absolute atomic E-state index is 11.7. The van der Waals surface area contributed by atoms with Crippen LogP contribution in [0.5, 0.6) is 0 Å². The van der Waals surface area contributed by atoms with E-state index in [9.17, 15) is 4.79 Å². The topological polar surface area (TPSA) is 62.1 Å². The number of ether oxygens (including phenoxy) is 1. The molecule has 2 rings (SSSR count). The second-order valence-electron chi connectivity index (χ2n) is 3.58. The molecule has 84 valence electrons. The van der Waals surface area contributed by atoms with Crippen molar-refractivity contribution in [3.8, 4) is 6.07 Å². The molecule has 0 saturated carbocycles. The zero-order valence-electron chi connectivity index (χ0n) is 8.33. The van der Waals surface area contributed by atoms with Crippen LogP contribution in [-0.2, 0) is 16.1 Å². The van der Waals surface area contributed by atoms with Crippen molar-refractivity contribution in [3.05, 3.63) is 21.3 Å². The Morgan fingerprint density at radius 2 is 2.44 bits per heavy atom. The Bertz CT molecular complexity index is 448. The number of rotatable bonds is 3. The molecule has 1 aliphatic rings. The summed E-state index contributed by atoms with van der Waals surface area (Å²) in [5, 5.41) is 11.6. The molecule has 0 spiro atoms. The van der Waals surface area contributed by atoms with Gasteiger partial charge in [0.25, 0.3) is 0 Å². The van der Waals surface area contributed by atoms with Crippen LogP contribution in [0.25, 0.3) is 0 Å². The predicted molar refractivity (Wildman–Crippen MR) is 60.0 cm³/mol. The molecule has 0 aromatic carbocycles. The lowest BCUT2D eigenvalue weighted by atomic mass is 9.87. The summed E-state index contributed by atoms with van der Waals surface area (Å²) in [6.07, 6.45) is 0. The summed E-state index contributed by atoms with van der Waals surface area (Å²) in [6.45, 7) is 0.765. The maximum atomic E-state index is 11.7. The molecule has 0 radical (unpaired) electrons. The minimum Gasteiger partial charge on any atom is -0.377 e. The van der Waals surface area contributed by atoms with Crippen molar-refractivity contribution in [2.45, 2.75) is 6.54 Å². The van der Waals surface area contributed by atoms with Crippen molar-refractivity contribution in [2.75, 3.05) is 13.2 Å². The first-order valence-electron chi connectivity index (χ1n) is 4.68. The normalized spacial score (nSPS) is 17.2. The molecule has 16 heavy (non-hydrogen) atoms. The fraction of sp³-hybridized carbons (Fsp3) is 0.400. The predicted octanol–water partition coefficient (Wildman–Crippen LogP) is 1.56. The van der Waals surface area contributed by atoms with Gasteiger partial charge >= 0.3 is 0 Å². The molecule has 1 aromatic rings. The summed E-state index contributed by atoms with van der Waals surface area (Å²) in [7, 11) is 0. The van der Waals surface area contributed by atoms with Crippen LogP contribution >= 0.6 is 22.9 Å². The van der Waals surface area contributed by atoms with Gasteiger partial charge in [-0.1, -0.05) is 11.6 Å². The van der Waals surface area contributed by atoms with Crippen LogP contribution in [0.3, 0.4) is 0 Å². The Kier molecular flexibility index (Phi) is 3.15. The lowest BCUT2D eigenvalue weighted by molar-refractivity contribution is -0.150. The second-order valence-corrected chi connectivity index (χ2v) is 5.37.